The lowest BCUT2D eigenvalue weighted by Crippen LogP contribution is -2.62. The lowest BCUT2D eigenvalue weighted by atomic mass is 10.0. The van der Waals surface area contributed by atoms with Crippen molar-refractivity contribution >= 4 is 47.2 Å². The van der Waals surface area contributed by atoms with Crippen LogP contribution in [0.4, 0.5) is 0 Å². The molecule has 6 amide bonds. The van der Waals surface area contributed by atoms with Gasteiger partial charge in [-0.05, 0) is 83.9 Å². The monoisotopic (exact) mass is 712 g/mol. The second-order valence-electron chi connectivity index (χ2n) is 13.1. The van der Waals surface area contributed by atoms with E-state index in [1.807, 2.05) is 13.2 Å². The van der Waals surface area contributed by atoms with Gasteiger partial charge in [0.1, 0.15) is 30.2 Å². The highest BCUT2D eigenvalue weighted by Crippen LogP contribution is 2.37. The summed E-state index contributed by atoms with van der Waals surface area (Å²) in [5.41, 5.74) is 5.66. The Hall–Kier alpha value is -2.99. The number of nitrogens with zero attached hydrogens (tertiary/aromatic N) is 2. The quantitative estimate of drug-likeness (QED) is 0.0737. The van der Waals surface area contributed by atoms with Crippen LogP contribution in [0, 0.1) is 0 Å². The van der Waals surface area contributed by atoms with E-state index in [1.54, 1.807) is 4.90 Å². The number of nitrogens with one attached hydrogen (secondary N) is 5. The highest BCUT2D eigenvalue weighted by Gasteiger charge is 2.60. The van der Waals surface area contributed by atoms with Gasteiger partial charge in [-0.25, -0.2) is 0 Å². The second-order valence-corrected chi connectivity index (χ2v) is 14.1. The first-order chi connectivity index (χ1) is 23.4. The Morgan fingerprint density at radius 2 is 1.67 bits per heavy atom. The van der Waals surface area contributed by atoms with E-state index in [0.717, 1.165) is 6.42 Å². The van der Waals surface area contributed by atoms with Gasteiger partial charge in [0.25, 0.3) is 0 Å². The molecule has 3 fully saturated rings. The zero-order valence-electron chi connectivity index (χ0n) is 29.1. The Labute approximate surface area is 292 Å². The van der Waals surface area contributed by atoms with Crippen LogP contribution in [0.25, 0.3) is 0 Å². The molecule has 3 heterocycles. The molecule has 16 nitrogen and oxygen atoms in total. The standard InChI is InChI=1S/C32H56N8O8S/c1-5-6-14-34-31(47)26-25-23(17-41)40(25)32(48)18(2)35-27(43)20(10-7-8-13-33)36-28(44)21(12-16-49-4)37-30(46)24(19(3)42)38-29(45)22-11-9-15-39(22)26/h18-26,41-42H,5-17,33H2,1-4H3,(H,34,47)(H,35,43)(H,36,44)(H,37,46)(H,38,45)/t18-,19+,20-,21-,22-,23+,24-,25-,26+,40?/m0/s1. The van der Waals surface area contributed by atoms with Crippen molar-refractivity contribution in [1.82, 2.24) is 36.4 Å². The number of carbonyl (C=O) groups excluding carboxylic acids is 6. The molecule has 0 aromatic heterocycles. The fourth-order valence-electron chi connectivity index (χ4n) is 6.62. The molecule has 49 heavy (non-hydrogen) atoms. The number of hydrogen-bond acceptors (Lipinski definition) is 11. The third-order valence-corrected chi connectivity index (χ3v) is 10.1. The van der Waals surface area contributed by atoms with Crippen molar-refractivity contribution in [2.75, 3.05) is 38.2 Å². The van der Waals surface area contributed by atoms with Crippen molar-refractivity contribution in [3.63, 3.8) is 0 Å². The molecular formula is C32H56N8O8S. The molecule has 3 saturated heterocycles. The Morgan fingerprint density at radius 1 is 1.00 bits per heavy atom. The summed E-state index contributed by atoms with van der Waals surface area (Å²) in [6.45, 7) is 5.48. The van der Waals surface area contributed by atoms with Crippen molar-refractivity contribution in [2.24, 2.45) is 5.73 Å². The van der Waals surface area contributed by atoms with Crippen LogP contribution in [-0.2, 0) is 28.8 Å². The van der Waals surface area contributed by atoms with Crippen LogP contribution in [0.2, 0.25) is 0 Å². The molecule has 0 saturated carbocycles. The molecule has 0 aliphatic carbocycles. The minimum absolute atomic E-state index is 0.204. The summed E-state index contributed by atoms with van der Waals surface area (Å²) in [4.78, 5) is 85.3. The predicted octanol–water partition coefficient (Wildman–Crippen LogP) is -2.46. The molecule has 17 heteroatoms. The number of hydrogen-bond donors (Lipinski definition) is 8. The summed E-state index contributed by atoms with van der Waals surface area (Å²) in [5.74, 6) is -3.03. The SMILES string of the molecule is CCCCNC(=O)[C@H]1[C@@H]2[C@@H](CO)N2C(=O)[C@H](C)NC(=O)[C@H](CCCCN)NC(=O)[C@H](CCSC)NC(=O)[C@H]([C@@H](C)O)NC(=O)[C@@H]2CCCN21. The van der Waals surface area contributed by atoms with Gasteiger partial charge in [0, 0.05) is 6.54 Å². The summed E-state index contributed by atoms with van der Waals surface area (Å²) in [6, 6.07) is -8.07. The average molecular weight is 713 g/mol. The largest absolute Gasteiger partial charge is 0.394 e. The van der Waals surface area contributed by atoms with Crippen LogP contribution < -0.4 is 32.3 Å². The second kappa shape index (κ2) is 19.4. The molecule has 3 aliphatic rings. The van der Waals surface area contributed by atoms with E-state index >= 15 is 0 Å². The molecule has 3 rings (SSSR count). The predicted molar refractivity (Wildman–Crippen MR) is 184 cm³/mol. The van der Waals surface area contributed by atoms with Crippen LogP contribution in [0.3, 0.4) is 0 Å². The number of thioether (sulfide) groups is 1. The minimum Gasteiger partial charge on any atom is -0.394 e. The molecule has 0 bridgehead atoms. The zero-order chi connectivity index (χ0) is 36.2. The van der Waals surface area contributed by atoms with Crippen molar-refractivity contribution in [3.8, 4) is 0 Å². The molecule has 3 aliphatic heterocycles. The topological polar surface area (TPSA) is 235 Å². The number of fused-ring (bicyclic) bond motifs is 2. The van der Waals surface area contributed by atoms with Crippen LogP contribution in [0.5, 0.6) is 0 Å². The number of unbranched alkanes of at least 4 members (excludes halogenated alkanes) is 2. The summed E-state index contributed by atoms with van der Waals surface area (Å²) in [5, 5.41) is 34.6. The van der Waals surface area contributed by atoms with Crippen LogP contribution in [0.1, 0.15) is 72.1 Å². The maximum atomic E-state index is 13.8. The number of carbonyl (C=O) groups is 6. The fourth-order valence-corrected chi connectivity index (χ4v) is 7.09. The first-order valence-electron chi connectivity index (χ1n) is 17.5. The number of aliphatic hydroxyl groups is 2. The van der Waals surface area contributed by atoms with Crippen molar-refractivity contribution in [2.45, 2.75) is 127 Å². The average Bonchev–Trinajstić information content (AvgIpc) is 3.57. The first kappa shape index (κ1) is 40.4. The van der Waals surface area contributed by atoms with Gasteiger partial charge in [0.05, 0.1) is 30.8 Å². The molecular weight excluding hydrogens is 656 g/mol. The summed E-state index contributed by atoms with van der Waals surface area (Å²) in [6.07, 6.45) is 4.45. The van der Waals surface area contributed by atoms with E-state index in [4.69, 9.17) is 5.73 Å². The number of aliphatic hydroxyl groups excluding tert-OH is 2. The number of nitrogens with two attached hydrogens (primary N) is 1. The third-order valence-electron chi connectivity index (χ3n) is 9.42. The van der Waals surface area contributed by atoms with E-state index in [9.17, 15) is 39.0 Å². The normalized spacial score (nSPS) is 30.9. The van der Waals surface area contributed by atoms with Gasteiger partial charge >= 0.3 is 0 Å². The van der Waals surface area contributed by atoms with Gasteiger partial charge in [0.2, 0.25) is 35.4 Å². The van der Waals surface area contributed by atoms with E-state index in [0.29, 0.717) is 57.5 Å². The molecule has 0 radical (unpaired) electrons. The molecule has 0 unspecified atom stereocenters. The van der Waals surface area contributed by atoms with Gasteiger partial charge in [-0.3, -0.25) is 33.7 Å². The van der Waals surface area contributed by atoms with Gasteiger partial charge < -0.3 is 47.4 Å². The van der Waals surface area contributed by atoms with Crippen LogP contribution in [0.15, 0.2) is 0 Å². The van der Waals surface area contributed by atoms with E-state index < -0.39 is 96.5 Å². The molecule has 278 valence electrons. The smallest absolute Gasteiger partial charge is 0.245 e. The number of rotatable bonds is 13. The Morgan fingerprint density at radius 3 is 2.31 bits per heavy atom. The summed E-state index contributed by atoms with van der Waals surface area (Å²) >= 11 is 1.45. The van der Waals surface area contributed by atoms with Crippen LogP contribution >= 0.6 is 11.8 Å². The van der Waals surface area contributed by atoms with Crippen LogP contribution in [-0.4, -0.2) is 148 Å². The number of amides is 6. The van der Waals surface area contributed by atoms with E-state index in [-0.39, 0.29) is 12.8 Å². The van der Waals surface area contributed by atoms with Gasteiger partial charge in [-0.1, -0.05) is 13.3 Å². The maximum Gasteiger partial charge on any atom is 0.245 e. The molecule has 9 atom stereocenters. The molecule has 0 aromatic carbocycles. The van der Waals surface area contributed by atoms with Gasteiger partial charge in [-0.2, -0.15) is 11.8 Å². The van der Waals surface area contributed by atoms with Crippen molar-refractivity contribution in [3.05, 3.63) is 0 Å². The minimum atomic E-state index is -1.43. The first-order valence-corrected chi connectivity index (χ1v) is 18.9. The van der Waals surface area contributed by atoms with Crippen molar-refractivity contribution in [1.29, 1.82) is 0 Å². The van der Waals surface area contributed by atoms with E-state index in [2.05, 4.69) is 26.6 Å². The summed E-state index contributed by atoms with van der Waals surface area (Å²) in [7, 11) is 0. The Kier molecular flexibility index (Phi) is 16.0. The molecule has 9 N–H and O–H groups in total. The molecule has 0 aromatic rings. The van der Waals surface area contributed by atoms with Crippen molar-refractivity contribution < 1.29 is 39.0 Å². The fraction of sp³-hybridized carbons (Fsp3) is 0.812. The lowest BCUT2D eigenvalue weighted by Gasteiger charge is -2.33. The van der Waals surface area contributed by atoms with E-state index in [1.165, 1.54) is 30.5 Å². The Bertz CT molecular complexity index is 1180. The highest BCUT2D eigenvalue weighted by molar-refractivity contribution is 7.98. The lowest BCUT2D eigenvalue weighted by molar-refractivity contribution is -0.138. The van der Waals surface area contributed by atoms with Gasteiger partial charge in [-0.15, -0.1) is 0 Å². The maximum absolute atomic E-state index is 13.8. The zero-order valence-corrected chi connectivity index (χ0v) is 29.9. The molecule has 0 spiro atoms. The summed E-state index contributed by atoms with van der Waals surface area (Å²) < 4.78 is 0. The highest BCUT2D eigenvalue weighted by atomic mass is 32.2. The Balaban J connectivity index is 2.05. The van der Waals surface area contributed by atoms with Gasteiger partial charge in [0.15, 0.2) is 0 Å². The third kappa shape index (κ3) is 10.5.